The molecule has 1 aromatic heterocycles. The Morgan fingerprint density at radius 2 is 2.16 bits per heavy atom. The number of hydrogen-bond acceptors (Lipinski definition) is 4. The Balaban J connectivity index is 1.98. The van der Waals surface area contributed by atoms with E-state index in [0.717, 1.165) is 30.9 Å². The van der Waals surface area contributed by atoms with Crippen molar-refractivity contribution < 1.29 is 13.2 Å². The smallest absolute Gasteiger partial charge is 0.178 e. The van der Waals surface area contributed by atoms with Gasteiger partial charge in [0.25, 0.3) is 0 Å². The number of benzene rings is 1. The van der Waals surface area contributed by atoms with E-state index in [1.165, 1.54) is 12.8 Å². The first-order valence-electron chi connectivity index (χ1n) is 8.82. The number of methoxy groups -OCH3 is 1. The van der Waals surface area contributed by atoms with Crippen molar-refractivity contribution >= 4 is 9.84 Å². The Bertz CT molecular complexity index is 821. The average Bonchev–Trinajstić information content (AvgIpc) is 3.10. The molecular formula is C19H26N2O3S. The number of ether oxygens (including phenoxy) is 1. The molecule has 1 atom stereocenters. The summed E-state index contributed by atoms with van der Waals surface area (Å²) in [6.45, 7) is 4.71. The summed E-state index contributed by atoms with van der Waals surface area (Å²) in [4.78, 5) is 0.345. The maximum absolute atomic E-state index is 12.3. The number of hydrogen-bond donors (Lipinski definition) is 1. The molecule has 5 nitrogen and oxygen atoms in total. The van der Waals surface area contributed by atoms with E-state index in [0.29, 0.717) is 16.6 Å². The van der Waals surface area contributed by atoms with Crippen molar-refractivity contribution in [1.82, 2.24) is 9.88 Å². The number of nitrogens with zero attached hydrogens (tertiary/aromatic N) is 1. The maximum atomic E-state index is 12.3. The van der Waals surface area contributed by atoms with Crippen LogP contribution in [0.15, 0.2) is 41.4 Å². The first-order chi connectivity index (χ1) is 12.0. The summed E-state index contributed by atoms with van der Waals surface area (Å²) in [5, 5.41) is 3.45. The average molecular weight is 362 g/mol. The molecule has 25 heavy (non-hydrogen) atoms. The fourth-order valence-corrected chi connectivity index (χ4v) is 4.33. The van der Waals surface area contributed by atoms with E-state index in [4.69, 9.17) is 4.74 Å². The summed E-state index contributed by atoms with van der Waals surface area (Å²) < 4.78 is 32.2. The number of rotatable bonds is 6. The van der Waals surface area contributed by atoms with Crippen LogP contribution >= 0.6 is 0 Å². The van der Waals surface area contributed by atoms with E-state index in [9.17, 15) is 8.42 Å². The molecule has 1 aromatic carbocycles. The van der Waals surface area contributed by atoms with Crippen molar-refractivity contribution in [2.45, 2.75) is 31.2 Å². The van der Waals surface area contributed by atoms with Crippen LogP contribution in [-0.4, -0.2) is 38.9 Å². The van der Waals surface area contributed by atoms with Crippen LogP contribution in [-0.2, 0) is 16.4 Å². The largest absolute Gasteiger partial charge is 0.496 e. The van der Waals surface area contributed by atoms with Gasteiger partial charge in [-0.1, -0.05) is 6.92 Å². The minimum absolute atomic E-state index is 0.0908. The third-order valence-electron chi connectivity index (χ3n) is 4.87. The molecule has 0 amide bonds. The van der Waals surface area contributed by atoms with E-state index < -0.39 is 9.84 Å². The second-order valence-electron chi connectivity index (χ2n) is 6.52. The molecule has 2 aromatic rings. The molecule has 0 aliphatic carbocycles. The van der Waals surface area contributed by atoms with Crippen LogP contribution in [0.1, 0.15) is 19.8 Å². The number of aromatic nitrogens is 1. The molecule has 1 fully saturated rings. The third-order valence-corrected chi connectivity index (χ3v) is 6.60. The highest BCUT2D eigenvalue weighted by molar-refractivity contribution is 7.91. The van der Waals surface area contributed by atoms with Gasteiger partial charge >= 0.3 is 0 Å². The molecule has 3 rings (SSSR count). The molecule has 1 unspecified atom stereocenters. The molecule has 1 aliphatic rings. The lowest BCUT2D eigenvalue weighted by atomic mass is 9.99. The minimum atomic E-state index is -3.25. The fraction of sp³-hybridized carbons (Fsp3) is 0.474. The summed E-state index contributed by atoms with van der Waals surface area (Å²) in [7, 11) is -1.64. The second kappa shape index (κ2) is 7.62. The summed E-state index contributed by atoms with van der Waals surface area (Å²) in [5.41, 5.74) is 1.82. The Kier molecular flexibility index (Phi) is 5.49. The predicted molar refractivity (Wildman–Crippen MR) is 99.7 cm³/mol. The van der Waals surface area contributed by atoms with Crippen LogP contribution in [0, 0.1) is 5.92 Å². The monoisotopic (exact) mass is 362 g/mol. The normalized spacial score (nSPS) is 18.2. The van der Waals surface area contributed by atoms with E-state index >= 15 is 0 Å². The predicted octanol–water partition coefficient (Wildman–Crippen LogP) is 2.96. The van der Waals surface area contributed by atoms with Gasteiger partial charge in [0, 0.05) is 18.3 Å². The summed E-state index contributed by atoms with van der Waals surface area (Å²) in [6.07, 6.45) is 4.48. The van der Waals surface area contributed by atoms with Crippen LogP contribution in [0.3, 0.4) is 0 Å². The van der Waals surface area contributed by atoms with Gasteiger partial charge < -0.3 is 14.6 Å². The molecule has 1 saturated heterocycles. The molecular weight excluding hydrogens is 336 g/mol. The number of nitrogens with one attached hydrogen (secondary N) is 1. The van der Waals surface area contributed by atoms with E-state index in [1.807, 2.05) is 12.1 Å². The van der Waals surface area contributed by atoms with Crippen molar-refractivity contribution in [3.05, 3.63) is 36.5 Å². The van der Waals surface area contributed by atoms with E-state index in [-0.39, 0.29) is 5.75 Å². The van der Waals surface area contributed by atoms with Gasteiger partial charge in [-0.05, 0) is 62.2 Å². The fourth-order valence-electron chi connectivity index (χ4n) is 3.42. The zero-order valence-electron chi connectivity index (χ0n) is 14.9. The Labute approximate surface area is 149 Å². The second-order valence-corrected chi connectivity index (χ2v) is 8.80. The van der Waals surface area contributed by atoms with Gasteiger partial charge in [-0.15, -0.1) is 0 Å². The van der Waals surface area contributed by atoms with Gasteiger partial charge in [-0.2, -0.15) is 0 Å². The van der Waals surface area contributed by atoms with Crippen LogP contribution in [0.25, 0.3) is 11.3 Å². The molecule has 1 N–H and O–H groups in total. The number of piperidine rings is 1. The highest BCUT2D eigenvalue weighted by Crippen LogP contribution is 2.33. The molecule has 0 bridgehead atoms. The lowest BCUT2D eigenvalue weighted by molar-refractivity contribution is 0.338. The highest BCUT2D eigenvalue weighted by atomic mass is 32.2. The van der Waals surface area contributed by atoms with Gasteiger partial charge in [0.05, 0.1) is 23.5 Å². The minimum Gasteiger partial charge on any atom is -0.496 e. The molecule has 2 heterocycles. The zero-order valence-corrected chi connectivity index (χ0v) is 15.7. The van der Waals surface area contributed by atoms with Crippen molar-refractivity contribution in [1.29, 1.82) is 0 Å². The van der Waals surface area contributed by atoms with Crippen molar-refractivity contribution in [2.75, 3.05) is 26.0 Å². The number of sulfone groups is 1. The Morgan fingerprint density at radius 3 is 2.84 bits per heavy atom. The first-order valence-corrected chi connectivity index (χ1v) is 10.5. The van der Waals surface area contributed by atoms with Gasteiger partial charge in [-0.3, -0.25) is 0 Å². The van der Waals surface area contributed by atoms with Crippen molar-refractivity contribution in [3.8, 4) is 17.0 Å². The Hall–Kier alpha value is -1.79. The third kappa shape index (κ3) is 3.90. The maximum Gasteiger partial charge on any atom is 0.178 e. The Morgan fingerprint density at radius 1 is 1.32 bits per heavy atom. The first kappa shape index (κ1) is 18.0. The molecule has 136 valence electrons. The van der Waals surface area contributed by atoms with Gasteiger partial charge in [-0.25, -0.2) is 8.42 Å². The standard InChI is InChI=1S/C19H26N2O3S/c1-3-25(22,23)16-8-9-19(24-2)17(12-16)18-7-5-11-21(18)14-15-6-4-10-20-13-15/h5,7-9,11-12,15,20H,3-4,6,10,13-14H2,1-2H3. The lowest BCUT2D eigenvalue weighted by Gasteiger charge is -2.24. The summed E-state index contributed by atoms with van der Waals surface area (Å²) in [5.74, 6) is 1.37. The van der Waals surface area contributed by atoms with Crippen LogP contribution < -0.4 is 10.1 Å². The van der Waals surface area contributed by atoms with Crippen molar-refractivity contribution in [3.63, 3.8) is 0 Å². The molecule has 0 saturated carbocycles. The summed E-state index contributed by atoms with van der Waals surface area (Å²) >= 11 is 0. The van der Waals surface area contributed by atoms with Crippen LogP contribution in [0.4, 0.5) is 0 Å². The van der Waals surface area contributed by atoms with Crippen molar-refractivity contribution in [2.24, 2.45) is 5.92 Å². The molecule has 0 spiro atoms. The summed E-state index contributed by atoms with van der Waals surface area (Å²) in [6, 6.07) is 9.14. The molecule has 6 heteroatoms. The van der Waals surface area contributed by atoms with Crippen LogP contribution in [0.5, 0.6) is 5.75 Å². The highest BCUT2D eigenvalue weighted by Gasteiger charge is 2.19. The van der Waals surface area contributed by atoms with Gasteiger partial charge in [0.15, 0.2) is 9.84 Å². The SMILES string of the molecule is CCS(=O)(=O)c1ccc(OC)c(-c2cccn2CC2CCCNC2)c1. The zero-order chi connectivity index (χ0) is 17.9. The van der Waals surface area contributed by atoms with Gasteiger partial charge in [0.1, 0.15) is 5.75 Å². The van der Waals surface area contributed by atoms with Crippen LogP contribution in [0.2, 0.25) is 0 Å². The molecule has 0 radical (unpaired) electrons. The lowest BCUT2D eigenvalue weighted by Crippen LogP contribution is -2.32. The van der Waals surface area contributed by atoms with E-state index in [2.05, 4.69) is 16.1 Å². The molecule has 1 aliphatic heterocycles. The van der Waals surface area contributed by atoms with Gasteiger partial charge in [0.2, 0.25) is 0 Å². The topological polar surface area (TPSA) is 60.3 Å². The van der Waals surface area contributed by atoms with E-state index in [1.54, 1.807) is 32.2 Å². The quantitative estimate of drug-likeness (QED) is 0.858.